The monoisotopic (exact) mass is 255 g/mol. The van der Waals surface area contributed by atoms with Gasteiger partial charge in [0.2, 0.25) is 5.91 Å². The van der Waals surface area contributed by atoms with Crippen molar-refractivity contribution in [3.8, 4) is 0 Å². The lowest BCUT2D eigenvalue weighted by atomic mass is 10.0. The lowest BCUT2D eigenvalue weighted by Crippen LogP contribution is -2.37. The van der Waals surface area contributed by atoms with Gasteiger partial charge in [0, 0.05) is 6.04 Å². The summed E-state index contributed by atoms with van der Waals surface area (Å²) in [5.74, 6) is 0.231. The van der Waals surface area contributed by atoms with E-state index in [1.54, 1.807) is 6.92 Å². The van der Waals surface area contributed by atoms with Crippen molar-refractivity contribution in [2.45, 2.75) is 53.1 Å². The van der Waals surface area contributed by atoms with Crippen LogP contribution in [0.3, 0.4) is 0 Å². The van der Waals surface area contributed by atoms with Gasteiger partial charge in [-0.2, -0.15) is 0 Å². The summed E-state index contributed by atoms with van der Waals surface area (Å²) in [6.45, 7) is 7.84. The van der Waals surface area contributed by atoms with E-state index < -0.39 is 5.76 Å². The number of nitrogens with zero attached hydrogens (tertiary/aromatic N) is 2. The molecule has 1 unspecified atom stereocenters. The Labute approximate surface area is 106 Å². The average molecular weight is 255 g/mol. The molecule has 1 atom stereocenters. The molecule has 0 saturated heterocycles. The highest BCUT2D eigenvalue weighted by molar-refractivity contribution is 5.76. The first kappa shape index (κ1) is 14.5. The Morgan fingerprint density at radius 1 is 1.39 bits per heavy atom. The van der Waals surface area contributed by atoms with Crippen LogP contribution in [0.4, 0.5) is 0 Å². The molecule has 0 radical (unpaired) electrons. The van der Waals surface area contributed by atoms with Crippen molar-refractivity contribution >= 4 is 5.91 Å². The zero-order chi connectivity index (χ0) is 13.7. The summed E-state index contributed by atoms with van der Waals surface area (Å²) in [6, 6.07) is 0.107. The topological polar surface area (TPSA) is 77.1 Å². The number of amides is 1. The van der Waals surface area contributed by atoms with E-state index >= 15 is 0 Å². The zero-order valence-corrected chi connectivity index (χ0v) is 11.4. The van der Waals surface area contributed by atoms with E-state index in [-0.39, 0.29) is 18.5 Å². The molecule has 0 saturated carbocycles. The Balaban J connectivity index is 2.45. The van der Waals surface area contributed by atoms with Crippen LogP contribution in [-0.2, 0) is 11.3 Å². The molecule has 102 valence electrons. The van der Waals surface area contributed by atoms with E-state index in [9.17, 15) is 9.59 Å². The first-order chi connectivity index (χ1) is 8.40. The van der Waals surface area contributed by atoms with Gasteiger partial charge < -0.3 is 5.32 Å². The summed E-state index contributed by atoms with van der Waals surface area (Å²) >= 11 is 0. The number of nitrogens with one attached hydrogen (secondary N) is 1. The van der Waals surface area contributed by atoms with Gasteiger partial charge in [-0.05, 0) is 32.6 Å². The van der Waals surface area contributed by atoms with E-state index in [2.05, 4.69) is 28.8 Å². The Morgan fingerprint density at radius 3 is 2.56 bits per heavy atom. The Kier molecular flexibility index (Phi) is 5.12. The molecule has 0 aliphatic heterocycles. The second-order valence-electron chi connectivity index (χ2n) is 5.02. The number of carbonyl (C=O) groups is 1. The molecule has 0 aliphatic carbocycles. The fourth-order valence-corrected chi connectivity index (χ4v) is 1.63. The molecule has 0 bridgehead atoms. The summed E-state index contributed by atoms with van der Waals surface area (Å²) < 4.78 is 5.67. The molecule has 0 fully saturated rings. The van der Waals surface area contributed by atoms with Crippen molar-refractivity contribution in [1.82, 2.24) is 15.0 Å². The predicted molar refractivity (Wildman–Crippen MR) is 67.2 cm³/mol. The second kappa shape index (κ2) is 6.37. The number of aromatic nitrogens is 2. The molecule has 1 N–H and O–H groups in total. The van der Waals surface area contributed by atoms with Gasteiger partial charge in [-0.15, -0.1) is 0 Å². The van der Waals surface area contributed by atoms with E-state index in [0.29, 0.717) is 11.7 Å². The number of carbonyl (C=O) groups excluding carboxylic acids is 1. The van der Waals surface area contributed by atoms with Crippen LogP contribution in [0.15, 0.2) is 9.32 Å². The first-order valence-electron chi connectivity index (χ1n) is 6.22. The van der Waals surface area contributed by atoms with Crippen molar-refractivity contribution in [3.05, 3.63) is 16.4 Å². The summed E-state index contributed by atoms with van der Waals surface area (Å²) in [5.41, 5.74) is 0. The molecule has 0 aliphatic rings. The largest absolute Gasteiger partial charge is 0.442 e. The SMILES string of the molecule is Cc1noc(=O)n1CC(=O)NC(C)CCC(C)C. The lowest BCUT2D eigenvalue weighted by molar-refractivity contribution is -0.122. The molecule has 6 nitrogen and oxygen atoms in total. The maximum atomic E-state index is 11.7. The summed E-state index contributed by atoms with van der Waals surface area (Å²) in [6.07, 6.45) is 1.99. The van der Waals surface area contributed by atoms with Crippen LogP contribution in [0.2, 0.25) is 0 Å². The normalized spacial score (nSPS) is 12.7. The Hall–Kier alpha value is -1.59. The molecule has 1 heterocycles. The van der Waals surface area contributed by atoms with E-state index in [1.165, 1.54) is 4.57 Å². The standard InChI is InChI=1S/C12H21N3O3/c1-8(2)5-6-9(3)13-11(16)7-15-10(4)14-18-12(15)17/h8-9H,5-7H2,1-4H3,(H,13,16). The van der Waals surface area contributed by atoms with E-state index in [4.69, 9.17) is 0 Å². The van der Waals surface area contributed by atoms with Gasteiger partial charge in [-0.3, -0.25) is 13.9 Å². The molecular formula is C12H21N3O3. The van der Waals surface area contributed by atoms with Crippen molar-refractivity contribution in [2.75, 3.05) is 0 Å². The van der Waals surface area contributed by atoms with Gasteiger partial charge in [0.1, 0.15) is 6.54 Å². The van der Waals surface area contributed by atoms with Crippen molar-refractivity contribution in [3.63, 3.8) is 0 Å². The first-order valence-corrected chi connectivity index (χ1v) is 6.22. The Bertz CT molecular complexity index is 448. The van der Waals surface area contributed by atoms with E-state index in [1.807, 2.05) is 6.92 Å². The molecule has 1 aromatic rings. The molecule has 1 aromatic heterocycles. The van der Waals surface area contributed by atoms with E-state index in [0.717, 1.165) is 12.8 Å². The summed E-state index contributed by atoms with van der Waals surface area (Å²) in [4.78, 5) is 23.0. The van der Waals surface area contributed by atoms with Crippen LogP contribution >= 0.6 is 0 Å². The van der Waals surface area contributed by atoms with Gasteiger partial charge in [0.05, 0.1) is 0 Å². The lowest BCUT2D eigenvalue weighted by Gasteiger charge is -2.15. The minimum absolute atomic E-state index is 0.0415. The van der Waals surface area contributed by atoms with Crippen LogP contribution < -0.4 is 11.1 Å². The fourth-order valence-electron chi connectivity index (χ4n) is 1.63. The smallest absolute Gasteiger partial charge is 0.352 e. The molecule has 18 heavy (non-hydrogen) atoms. The summed E-state index contributed by atoms with van der Waals surface area (Å²) in [7, 11) is 0. The highest BCUT2D eigenvalue weighted by atomic mass is 16.5. The maximum absolute atomic E-state index is 11.7. The van der Waals surface area contributed by atoms with Crippen molar-refractivity contribution in [1.29, 1.82) is 0 Å². The van der Waals surface area contributed by atoms with Gasteiger partial charge in [-0.1, -0.05) is 19.0 Å². The highest BCUT2D eigenvalue weighted by Gasteiger charge is 2.13. The summed E-state index contributed by atoms with van der Waals surface area (Å²) in [5, 5.41) is 6.36. The third-order valence-corrected chi connectivity index (χ3v) is 2.75. The van der Waals surface area contributed by atoms with Gasteiger partial charge in [0.25, 0.3) is 0 Å². The van der Waals surface area contributed by atoms with Crippen LogP contribution in [0.5, 0.6) is 0 Å². The highest BCUT2D eigenvalue weighted by Crippen LogP contribution is 2.06. The molecule has 1 rings (SSSR count). The maximum Gasteiger partial charge on any atom is 0.442 e. The number of aryl methyl sites for hydroxylation is 1. The molecule has 1 amide bonds. The number of hydrogen-bond donors (Lipinski definition) is 1. The second-order valence-corrected chi connectivity index (χ2v) is 5.02. The quantitative estimate of drug-likeness (QED) is 0.825. The van der Waals surface area contributed by atoms with Gasteiger partial charge in [0.15, 0.2) is 5.82 Å². The van der Waals surface area contributed by atoms with Crippen LogP contribution in [0.1, 0.15) is 39.4 Å². The van der Waals surface area contributed by atoms with Crippen LogP contribution in [0.25, 0.3) is 0 Å². The minimum Gasteiger partial charge on any atom is -0.352 e. The fraction of sp³-hybridized carbons (Fsp3) is 0.750. The third kappa shape index (κ3) is 4.35. The Morgan fingerprint density at radius 2 is 2.06 bits per heavy atom. The molecule has 0 aromatic carbocycles. The molecule has 0 spiro atoms. The average Bonchev–Trinajstić information content (AvgIpc) is 2.58. The molecular weight excluding hydrogens is 234 g/mol. The van der Waals surface area contributed by atoms with Gasteiger partial charge >= 0.3 is 5.76 Å². The van der Waals surface area contributed by atoms with Crippen molar-refractivity contribution in [2.24, 2.45) is 5.92 Å². The number of hydrogen-bond acceptors (Lipinski definition) is 4. The number of rotatable bonds is 6. The third-order valence-electron chi connectivity index (χ3n) is 2.75. The van der Waals surface area contributed by atoms with Crippen molar-refractivity contribution < 1.29 is 9.32 Å². The zero-order valence-electron chi connectivity index (χ0n) is 11.4. The molecule has 6 heteroatoms. The van der Waals surface area contributed by atoms with Crippen LogP contribution in [0, 0.1) is 12.8 Å². The minimum atomic E-state index is -0.600. The van der Waals surface area contributed by atoms with Gasteiger partial charge in [-0.25, -0.2) is 4.79 Å². The van der Waals surface area contributed by atoms with Crippen LogP contribution in [-0.4, -0.2) is 21.7 Å². The predicted octanol–water partition coefficient (Wildman–Crippen LogP) is 1.09.